The van der Waals surface area contributed by atoms with E-state index in [0.29, 0.717) is 12.8 Å². The number of hydrogen-bond donors (Lipinski definition) is 2. The normalized spacial score (nSPS) is 13.5. The number of phosphoric ester groups is 1. The minimum Gasteiger partial charge on any atom is -0.480 e. The lowest BCUT2D eigenvalue weighted by Gasteiger charge is -2.18. The number of carboxylic acid groups (broad SMARTS) is 1. The fourth-order valence-electron chi connectivity index (χ4n) is 5.34. The monoisotopic (exact) mass is 713 g/mol. The van der Waals surface area contributed by atoms with Crippen LogP contribution >= 0.6 is 7.82 Å². The molecule has 0 heterocycles. The molecular weight excluding hydrogens is 641 g/mol. The van der Waals surface area contributed by atoms with Crippen molar-refractivity contribution in [3.05, 3.63) is 24.3 Å². The molecule has 0 saturated heterocycles. The quantitative estimate of drug-likeness (QED) is 0.0368. The standard InChI is InChI=1S/C39H72NO8P/c1-3-5-7-9-11-13-15-17-19-21-23-25-27-29-31-33-37(41)47-49(45,46-35-36(40)39(43)44)48-38(42)34-32-30-28-26-24-22-20-18-16-14-12-10-8-6-4-2/h17-20,36H,3-16,21-35,40H2,1-2H3,(H,43,44)/t36-,49?/m0/s1. The van der Waals surface area contributed by atoms with Crippen molar-refractivity contribution < 1.29 is 37.6 Å². The van der Waals surface area contributed by atoms with E-state index in [1.807, 2.05) is 0 Å². The summed E-state index contributed by atoms with van der Waals surface area (Å²) in [5, 5.41) is 9.03. The highest BCUT2D eigenvalue weighted by molar-refractivity contribution is 7.49. The molecule has 0 aromatic heterocycles. The van der Waals surface area contributed by atoms with Crippen molar-refractivity contribution in [3.63, 3.8) is 0 Å². The predicted molar refractivity (Wildman–Crippen MR) is 200 cm³/mol. The molecule has 49 heavy (non-hydrogen) atoms. The van der Waals surface area contributed by atoms with Gasteiger partial charge in [0.15, 0.2) is 0 Å². The van der Waals surface area contributed by atoms with E-state index in [-0.39, 0.29) is 12.8 Å². The maximum Gasteiger partial charge on any atom is 0.592 e. The van der Waals surface area contributed by atoms with Gasteiger partial charge in [0.1, 0.15) is 6.04 Å². The molecule has 0 aliphatic heterocycles. The number of nitrogens with two attached hydrogens (primary N) is 1. The number of rotatable bonds is 36. The molecular formula is C39H72NO8P. The summed E-state index contributed by atoms with van der Waals surface area (Å²) in [6.07, 6.45) is 38.1. The van der Waals surface area contributed by atoms with Gasteiger partial charge in [0, 0.05) is 12.8 Å². The van der Waals surface area contributed by atoms with Gasteiger partial charge < -0.3 is 19.9 Å². The third-order valence-corrected chi connectivity index (χ3v) is 9.76. The van der Waals surface area contributed by atoms with Gasteiger partial charge in [-0.2, -0.15) is 0 Å². The Morgan fingerprint density at radius 3 is 1.18 bits per heavy atom. The fourth-order valence-corrected chi connectivity index (χ4v) is 6.50. The summed E-state index contributed by atoms with van der Waals surface area (Å²) >= 11 is 0. The molecule has 0 aromatic rings. The maximum absolute atomic E-state index is 13.1. The first-order valence-electron chi connectivity index (χ1n) is 19.7. The summed E-state index contributed by atoms with van der Waals surface area (Å²) in [6, 6.07) is -1.51. The topological polar surface area (TPSA) is 142 Å². The number of allylic oxidation sites excluding steroid dienone is 4. The molecule has 286 valence electrons. The molecule has 0 aromatic carbocycles. The molecule has 0 unspecified atom stereocenters. The second-order valence-corrected chi connectivity index (χ2v) is 14.8. The lowest BCUT2D eigenvalue weighted by Crippen LogP contribution is -2.34. The van der Waals surface area contributed by atoms with Crippen LogP contribution in [-0.4, -0.2) is 35.7 Å². The average molecular weight is 714 g/mol. The first-order chi connectivity index (χ1) is 23.7. The maximum atomic E-state index is 13.1. The van der Waals surface area contributed by atoms with E-state index in [9.17, 15) is 18.9 Å². The summed E-state index contributed by atoms with van der Waals surface area (Å²) < 4.78 is 28.1. The zero-order valence-electron chi connectivity index (χ0n) is 31.2. The minimum absolute atomic E-state index is 0.0116. The van der Waals surface area contributed by atoms with E-state index in [0.717, 1.165) is 77.0 Å². The van der Waals surface area contributed by atoms with Gasteiger partial charge in [0.05, 0.1) is 6.61 Å². The fraction of sp³-hybridized carbons (Fsp3) is 0.821. The molecule has 0 radical (unpaired) electrons. The van der Waals surface area contributed by atoms with Crippen LogP contribution in [0.5, 0.6) is 0 Å². The molecule has 10 heteroatoms. The predicted octanol–water partition coefficient (Wildman–Crippen LogP) is 11.7. The van der Waals surface area contributed by atoms with Crippen molar-refractivity contribution >= 4 is 25.7 Å². The number of phosphoric acid groups is 1. The number of hydrogen-bond acceptors (Lipinski definition) is 8. The average Bonchev–Trinajstić information content (AvgIpc) is 3.07. The highest BCUT2D eigenvalue weighted by Gasteiger charge is 2.36. The van der Waals surface area contributed by atoms with Crippen molar-refractivity contribution in [1.82, 2.24) is 0 Å². The number of carboxylic acids is 1. The van der Waals surface area contributed by atoms with Crippen molar-refractivity contribution in [2.45, 2.75) is 200 Å². The lowest BCUT2D eigenvalue weighted by molar-refractivity contribution is -0.141. The first kappa shape index (κ1) is 47.0. The van der Waals surface area contributed by atoms with Crippen LogP contribution in [0.1, 0.15) is 194 Å². The third kappa shape index (κ3) is 33.0. The van der Waals surface area contributed by atoms with E-state index in [1.54, 1.807) is 0 Å². The molecule has 9 nitrogen and oxygen atoms in total. The van der Waals surface area contributed by atoms with E-state index in [4.69, 9.17) is 24.4 Å². The Bertz CT molecular complexity index is 865. The highest BCUT2D eigenvalue weighted by Crippen LogP contribution is 2.50. The number of carbonyl (C=O) groups is 3. The van der Waals surface area contributed by atoms with Crippen LogP contribution in [-0.2, 0) is 32.5 Å². The summed E-state index contributed by atoms with van der Waals surface area (Å²) in [7, 11) is -4.66. The molecule has 0 aliphatic carbocycles. The number of aliphatic carboxylic acids is 1. The van der Waals surface area contributed by atoms with E-state index in [2.05, 4.69) is 38.2 Å². The Morgan fingerprint density at radius 2 is 0.857 bits per heavy atom. The van der Waals surface area contributed by atoms with Crippen molar-refractivity contribution in [2.75, 3.05) is 6.61 Å². The summed E-state index contributed by atoms with van der Waals surface area (Å²) in [4.78, 5) is 35.9. The molecule has 3 N–H and O–H groups in total. The zero-order valence-corrected chi connectivity index (χ0v) is 32.1. The summed E-state index contributed by atoms with van der Waals surface area (Å²) in [5.41, 5.74) is 5.45. The molecule has 0 saturated carbocycles. The van der Waals surface area contributed by atoms with Gasteiger partial charge in [0.2, 0.25) is 0 Å². The molecule has 1 atom stereocenters. The van der Waals surface area contributed by atoms with Crippen LogP contribution in [0, 0.1) is 0 Å². The van der Waals surface area contributed by atoms with Gasteiger partial charge in [-0.05, 0) is 64.2 Å². The molecule has 0 fully saturated rings. The largest absolute Gasteiger partial charge is 0.592 e. The lowest BCUT2D eigenvalue weighted by atomic mass is 10.1. The van der Waals surface area contributed by atoms with Crippen LogP contribution < -0.4 is 5.73 Å². The van der Waals surface area contributed by atoms with Crippen molar-refractivity contribution in [2.24, 2.45) is 5.73 Å². The van der Waals surface area contributed by atoms with Crippen molar-refractivity contribution in [3.8, 4) is 0 Å². The first-order valence-corrected chi connectivity index (χ1v) is 21.2. The smallest absolute Gasteiger partial charge is 0.480 e. The van der Waals surface area contributed by atoms with Gasteiger partial charge in [0.25, 0.3) is 0 Å². The Balaban J connectivity index is 4.22. The molecule has 0 amide bonds. The number of carbonyl (C=O) groups excluding carboxylic acids is 2. The Kier molecular flexibility index (Phi) is 33.1. The van der Waals surface area contributed by atoms with Crippen LogP contribution in [0.3, 0.4) is 0 Å². The summed E-state index contributed by atoms with van der Waals surface area (Å²) in [5.74, 6) is -3.02. The molecule has 0 bridgehead atoms. The van der Waals surface area contributed by atoms with E-state index < -0.39 is 38.4 Å². The van der Waals surface area contributed by atoms with Gasteiger partial charge in [-0.1, -0.05) is 141 Å². The van der Waals surface area contributed by atoms with E-state index >= 15 is 0 Å². The van der Waals surface area contributed by atoms with Gasteiger partial charge in [-0.3, -0.25) is 18.9 Å². The third-order valence-electron chi connectivity index (χ3n) is 8.44. The van der Waals surface area contributed by atoms with Crippen LogP contribution in [0.15, 0.2) is 24.3 Å². The van der Waals surface area contributed by atoms with Gasteiger partial charge in [-0.25, -0.2) is 4.57 Å². The SMILES string of the molecule is CCCCCCCCC=CCCCCCCCC(=O)OP(=O)(OC[C@H](N)C(=O)O)OC(=O)CCCCCCCC=CCCCCCCCC. The Labute approximate surface area is 299 Å². The number of unbranched alkanes of at least 4 members (excludes halogenated alkanes) is 22. The van der Waals surface area contributed by atoms with Crippen LogP contribution in [0.25, 0.3) is 0 Å². The summed E-state index contributed by atoms with van der Waals surface area (Å²) in [6.45, 7) is 3.74. The van der Waals surface area contributed by atoms with Gasteiger partial charge in [-0.15, -0.1) is 0 Å². The highest BCUT2D eigenvalue weighted by atomic mass is 31.2. The van der Waals surface area contributed by atoms with E-state index in [1.165, 1.54) is 77.0 Å². The minimum atomic E-state index is -4.66. The van der Waals surface area contributed by atoms with Crippen LogP contribution in [0.4, 0.5) is 0 Å². The second-order valence-electron chi connectivity index (χ2n) is 13.3. The zero-order chi connectivity index (χ0) is 36.3. The second kappa shape index (κ2) is 34.5. The molecule has 0 spiro atoms. The Morgan fingerprint density at radius 1 is 0.551 bits per heavy atom. The Hall–Kier alpha value is -1.96. The van der Waals surface area contributed by atoms with Crippen molar-refractivity contribution in [1.29, 1.82) is 0 Å². The van der Waals surface area contributed by atoms with Gasteiger partial charge >= 0.3 is 25.7 Å². The van der Waals surface area contributed by atoms with Crippen LogP contribution in [0.2, 0.25) is 0 Å². The molecule has 0 aliphatic rings. The molecule has 0 rings (SSSR count).